The van der Waals surface area contributed by atoms with Gasteiger partial charge in [0, 0.05) is 45.5 Å². The third kappa shape index (κ3) is 6.47. The van der Waals surface area contributed by atoms with Crippen LogP contribution in [0.1, 0.15) is 26.7 Å². The number of hydrazone groups is 1. The van der Waals surface area contributed by atoms with Crippen LogP contribution >= 0.6 is 0 Å². The lowest BCUT2D eigenvalue weighted by atomic mass is 10.3. The molecule has 0 amide bonds. The zero-order chi connectivity index (χ0) is 17.9. The molecule has 1 saturated heterocycles. The maximum absolute atomic E-state index is 5.81. The van der Waals surface area contributed by atoms with E-state index in [2.05, 4.69) is 50.9 Å². The van der Waals surface area contributed by atoms with Gasteiger partial charge in [-0.2, -0.15) is 15.1 Å². The van der Waals surface area contributed by atoms with Gasteiger partial charge in [-0.1, -0.05) is 13.8 Å². The molecule has 0 aliphatic carbocycles. The van der Waals surface area contributed by atoms with Crippen LogP contribution in [-0.2, 0) is 4.74 Å². The first kappa shape index (κ1) is 19.4. The van der Waals surface area contributed by atoms with Gasteiger partial charge >= 0.3 is 6.01 Å². The molecule has 1 aliphatic rings. The van der Waals surface area contributed by atoms with Gasteiger partial charge in [0.05, 0.1) is 13.2 Å². The highest BCUT2D eigenvalue weighted by molar-refractivity contribution is 5.50. The van der Waals surface area contributed by atoms with Crippen LogP contribution in [-0.4, -0.2) is 74.1 Å². The van der Waals surface area contributed by atoms with E-state index in [-0.39, 0.29) is 0 Å². The normalized spacial score (nSPS) is 15.0. The fraction of sp³-hybridized carbons (Fsp3) is 0.706. The summed E-state index contributed by atoms with van der Waals surface area (Å²) in [7, 11) is 0. The van der Waals surface area contributed by atoms with E-state index < -0.39 is 0 Å². The summed E-state index contributed by atoms with van der Waals surface area (Å²) in [5.74, 6) is 1.45. The second-order valence-electron chi connectivity index (χ2n) is 5.95. The molecule has 0 radical (unpaired) electrons. The zero-order valence-electron chi connectivity index (χ0n) is 15.4. The number of rotatable bonds is 11. The molecule has 0 saturated carbocycles. The Bertz CT molecular complexity index is 516. The Labute approximate surface area is 150 Å². The first-order chi connectivity index (χ1) is 12.3. The van der Waals surface area contributed by atoms with Crippen LogP contribution in [0.5, 0.6) is 6.01 Å². The van der Waals surface area contributed by atoms with E-state index in [1.165, 1.54) is 0 Å². The molecule has 1 aromatic heterocycles. The Morgan fingerprint density at radius 1 is 1.28 bits per heavy atom. The average Bonchev–Trinajstić information content (AvgIpc) is 2.62. The molecule has 140 valence electrons. The van der Waals surface area contributed by atoms with Crippen LogP contribution in [0.15, 0.2) is 11.2 Å². The SMILES string of the molecule is C=NNc1cc(N(CCC)CCC)nc(OCCN2CCOCC2)n1. The number of nitrogens with zero attached hydrogens (tertiary/aromatic N) is 5. The minimum Gasteiger partial charge on any atom is -0.462 e. The summed E-state index contributed by atoms with van der Waals surface area (Å²) in [4.78, 5) is 13.5. The number of hydrogen-bond acceptors (Lipinski definition) is 8. The molecule has 0 unspecified atom stereocenters. The van der Waals surface area contributed by atoms with Gasteiger partial charge in [0.15, 0.2) is 5.82 Å². The van der Waals surface area contributed by atoms with E-state index in [4.69, 9.17) is 9.47 Å². The van der Waals surface area contributed by atoms with Gasteiger partial charge in [-0.3, -0.25) is 10.3 Å². The molecule has 1 aliphatic heterocycles. The van der Waals surface area contributed by atoms with Gasteiger partial charge in [-0.15, -0.1) is 0 Å². The molecular formula is C17H30N6O2. The fourth-order valence-corrected chi connectivity index (χ4v) is 2.75. The molecule has 25 heavy (non-hydrogen) atoms. The molecule has 1 fully saturated rings. The highest BCUT2D eigenvalue weighted by Gasteiger charge is 2.13. The third-order valence-electron chi connectivity index (χ3n) is 3.94. The van der Waals surface area contributed by atoms with Crippen LogP contribution < -0.4 is 15.1 Å². The van der Waals surface area contributed by atoms with Gasteiger partial charge in [-0.05, 0) is 12.8 Å². The number of morpholine rings is 1. The summed E-state index contributed by atoms with van der Waals surface area (Å²) < 4.78 is 11.2. The summed E-state index contributed by atoms with van der Waals surface area (Å²) in [6.07, 6.45) is 2.11. The van der Waals surface area contributed by atoms with Crippen LogP contribution in [0, 0.1) is 0 Å². The van der Waals surface area contributed by atoms with Crippen molar-refractivity contribution < 1.29 is 9.47 Å². The van der Waals surface area contributed by atoms with E-state index in [0.717, 1.165) is 64.6 Å². The first-order valence-electron chi connectivity index (χ1n) is 9.05. The van der Waals surface area contributed by atoms with E-state index >= 15 is 0 Å². The Kier molecular flexibility index (Phi) is 8.41. The number of hydrogen-bond donors (Lipinski definition) is 1. The molecular weight excluding hydrogens is 320 g/mol. The van der Waals surface area contributed by atoms with Crippen molar-refractivity contribution in [3.8, 4) is 6.01 Å². The van der Waals surface area contributed by atoms with Crippen LogP contribution in [0.3, 0.4) is 0 Å². The predicted octanol–water partition coefficient (Wildman–Crippen LogP) is 1.84. The summed E-state index contributed by atoms with van der Waals surface area (Å²) in [6, 6.07) is 2.25. The predicted molar refractivity (Wildman–Crippen MR) is 101 cm³/mol. The molecule has 0 bridgehead atoms. The van der Waals surface area contributed by atoms with Crippen molar-refractivity contribution in [1.29, 1.82) is 0 Å². The molecule has 1 N–H and O–H groups in total. The van der Waals surface area contributed by atoms with Gasteiger partial charge in [0.25, 0.3) is 0 Å². The largest absolute Gasteiger partial charge is 0.462 e. The first-order valence-corrected chi connectivity index (χ1v) is 9.05. The van der Waals surface area contributed by atoms with Crippen molar-refractivity contribution in [3.63, 3.8) is 0 Å². The molecule has 0 atom stereocenters. The maximum atomic E-state index is 5.81. The van der Waals surface area contributed by atoms with Crippen LogP contribution in [0.2, 0.25) is 0 Å². The molecule has 2 rings (SSSR count). The Morgan fingerprint density at radius 3 is 2.64 bits per heavy atom. The number of ether oxygens (including phenoxy) is 2. The number of aromatic nitrogens is 2. The quantitative estimate of drug-likeness (QED) is 0.482. The van der Waals surface area contributed by atoms with Crippen LogP contribution in [0.4, 0.5) is 11.6 Å². The van der Waals surface area contributed by atoms with Crippen molar-refractivity contribution in [2.24, 2.45) is 5.10 Å². The Morgan fingerprint density at radius 2 is 2.00 bits per heavy atom. The monoisotopic (exact) mass is 350 g/mol. The number of anilines is 2. The van der Waals surface area contributed by atoms with Crippen LogP contribution in [0.25, 0.3) is 0 Å². The summed E-state index contributed by atoms with van der Waals surface area (Å²) >= 11 is 0. The Balaban J connectivity index is 2.02. The standard InChI is InChI=1S/C17H30N6O2/c1-4-6-23(7-5-2)16-14-15(21-18-3)19-17(20-16)25-13-10-22-8-11-24-12-9-22/h14H,3-13H2,1-2H3,(H,19,20,21). The van der Waals surface area contributed by atoms with Gasteiger partial charge < -0.3 is 14.4 Å². The van der Waals surface area contributed by atoms with Crippen molar-refractivity contribution >= 4 is 18.4 Å². The van der Waals surface area contributed by atoms with Crippen molar-refractivity contribution in [3.05, 3.63) is 6.07 Å². The lowest BCUT2D eigenvalue weighted by Gasteiger charge is -2.26. The molecule has 2 heterocycles. The topological polar surface area (TPSA) is 75.1 Å². The maximum Gasteiger partial charge on any atom is 0.320 e. The lowest BCUT2D eigenvalue weighted by Crippen LogP contribution is -2.38. The minimum absolute atomic E-state index is 0.370. The Hall–Kier alpha value is -1.93. The molecule has 0 spiro atoms. The van der Waals surface area contributed by atoms with Crippen molar-refractivity contribution in [2.45, 2.75) is 26.7 Å². The van der Waals surface area contributed by atoms with E-state index in [9.17, 15) is 0 Å². The fourth-order valence-electron chi connectivity index (χ4n) is 2.75. The van der Waals surface area contributed by atoms with Crippen molar-refractivity contribution in [2.75, 3.05) is 62.9 Å². The second-order valence-corrected chi connectivity index (χ2v) is 5.95. The molecule has 8 heteroatoms. The summed E-state index contributed by atoms with van der Waals surface area (Å²) in [5, 5.41) is 3.71. The number of nitrogens with one attached hydrogen (secondary N) is 1. The molecule has 1 aromatic rings. The minimum atomic E-state index is 0.370. The zero-order valence-corrected chi connectivity index (χ0v) is 15.4. The van der Waals surface area contributed by atoms with Gasteiger partial charge in [0.2, 0.25) is 0 Å². The highest BCUT2D eigenvalue weighted by Crippen LogP contribution is 2.20. The van der Waals surface area contributed by atoms with Gasteiger partial charge in [0.1, 0.15) is 12.4 Å². The molecule has 8 nitrogen and oxygen atoms in total. The smallest absolute Gasteiger partial charge is 0.320 e. The average molecular weight is 350 g/mol. The van der Waals surface area contributed by atoms with E-state index in [1.807, 2.05) is 6.07 Å². The van der Waals surface area contributed by atoms with Gasteiger partial charge in [-0.25, -0.2) is 0 Å². The van der Waals surface area contributed by atoms with E-state index in [0.29, 0.717) is 18.4 Å². The summed E-state index contributed by atoms with van der Waals surface area (Å²) in [5.41, 5.74) is 2.80. The molecule has 0 aromatic carbocycles. The highest BCUT2D eigenvalue weighted by atomic mass is 16.5. The second kappa shape index (κ2) is 10.8. The van der Waals surface area contributed by atoms with E-state index in [1.54, 1.807) is 0 Å². The lowest BCUT2D eigenvalue weighted by molar-refractivity contribution is 0.0317. The summed E-state index contributed by atoms with van der Waals surface area (Å²) in [6.45, 7) is 14.5. The third-order valence-corrected chi connectivity index (χ3v) is 3.94. The van der Waals surface area contributed by atoms with Crippen molar-refractivity contribution in [1.82, 2.24) is 14.9 Å².